The molecule has 2 N–H and O–H groups in total. The fourth-order valence-electron chi connectivity index (χ4n) is 4.28. The van der Waals surface area contributed by atoms with Crippen LogP contribution >= 0.6 is 11.3 Å². The van der Waals surface area contributed by atoms with Crippen molar-refractivity contribution >= 4 is 40.2 Å². The Kier molecular flexibility index (Phi) is 5.07. The van der Waals surface area contributed by atoms with Gasteiger partial charge in [0, 0.05) is 28.6 Å². The van der Waals surface area contributed by atoms with Gasteiger partial charge in [-0.25, -0.2) is 0 Å². The summed E-state index contributed by atoms with van der Waals surface area (Å²) in [4.78, 5) is 29.2. The Morgan fingerprint density at radius 1 is 1.29 bits per heavy atom. The van der Waals surface area contributed by atoms with Gasteiger partial charge in [-0.2, -0.15) is 0 Å². The number of Topliss-reactive ketones (excluding diaryl/α,β-unsaturated/α-hetero) is 1. The van der Waals surface area contributed by atoms with Gasteiger partial charge in [0.1, 0.15) is 5.76 Å². The molecular weight excluding hydrogens is 412 g/mol. The molecule has 3 heterocycles. The second-order valence-electron chi connectivity index (χ2n) is 7.73. The SMILES string of the molecule is Cc1cc(NC(=O)CN2c3ccccc3NC3=C(C(=O)CCC3)[C@H]2c2cccs2)no1. The van der Waals surface area contributed by atoms with E-state index in [4.69, 9.17) is 4.52 Å². The molecule has 0 spiro atoms. The van der Waals surface area contributed by atoms with Gasteiger partial charge < -0.3 is 20.1 Å². The third-order valence-electron chi connectivity index (χ3n) is 5.56. The smallest absolute Gasteiger partial charge is 0.245 e. The number of nitrogens with zero attached hydrogens (tertiary/aromatic N) is 2. The Hall–Kier alpha value is -3.39. The van der Waals surface area contributed by atoms with Crippen molar-refractivity contribution < 1.29 is 14.1 Å². The average molecular weight is 435 g/mol. The molecule has 1 aliphatic heterocycles. The highest BCUT2D eigenvalue weighted by molar-refractivity contribution is 7.10. The second kappa shape index (κ2) is 8.03. The van der Waals surface area contributed by atoms with Gasteiger partial charge in [0.05, 0.1) is 24.0 Å². The summed E-state index contributed by atoms with van der Waals surface area (Å²) in [6.07, 6.45) is 2.17. The van der Waals surface area contributed by atoms with Crippen LogP contribution in [0.1, 0.15) is 35.9 Å². The van der Waals surface area contributed by atoms with E-state index in [1.807, 2.05) is 46.7 Å². The van der Waals surface area contributed by atoms with Crippen molar-refractivity contribution in [3.8, 4) is 0 Å². The van der Waals surface area contributed by atoms with E-state index in [-0.39, 0.29) is 24.3 Å². The van der Waals surface area contributed by atoms with E-state index in [1.165, 1.54) is 0 Å². The van der Waals surface area contributed by atoms with E-state index in [0.29, 0.717) is 18.0 Å². The number of aryl methyl sites for hydroxylation is 1. The maximum atomic E-state index is 13.1. The number of aromatic nitrogens is 1. The van der Waals surface area contributed by atoms with Crippen LogP contribution < -0.4 is 15.5 Å². The third-order valence-corrected chi connectivity index (χ3v) is 6.49. The van der Waals surface area contributed by atoms with Gasteiger partial charge in [-0.1, -0.05) is 23.4 Å². The minimum atomic E-state index is -0.330. The number of amides is 1. The summed E-state index contributed by atoms with van der Waals surface area (Å²) in [5.41, 5.74) is 3.50. The molecule has 31 heavy (non-hydrogen) atoms. The lowest BCUT2D eigenvalue weighted by Gasteiger charge is -2.34. The number of ketones is 1. The first-order valence-electron chi connectivity index (χ1n) is 10.3. The van der Waals surface area contributed by atoms with E-state index in [2.05, 4.69) is 15.8 Å². The molecule has 1 aromatic carbocycles. The lowest BCUT2D eigenvalue weighted by molar-refractivity contribution is -0.117. The quantitative estimate of drug-likeness (QED) is 0.621. The number of hydrogen-bond donors (Lipinski definition) is 2. The Bertz CT molecular complexity index is 1170. The van der Waals surface area contributed by atoms with E-state index < -0.39 is 0 Å². The normalized spacial score (nSPS) is 18.2. The first-order valence-corrected chi connectivity index (χ1v) is 11.1. The predicted octanol–water partition coefficient (Wildman–Crippen LogP) is 4.66. The molecule has 1 amide bonds. The minimum absolute atomic E-state index is 0.0667. The molecule has 0 saturated heterocycles. The van der Waals surface area contributed by atoms with Crippen LogP contribution in [0, 0.1) is 6.92 Å². The number of hydrogen-bond acceptors (Lipinski definition) is 7. The third kappa shape index (κ3) is 3.74. The van der Waals surface area contributed by atoms with Crippen LogP contribution in [0.4, 0.5) is 17.2 Å². The summed E-state index contributed by atoms with van der Waals surface area (Å²) in [6.45, 7) is 1.84. The molecule has 0 bridgehead atoms. The van der Waals surface area contributed by atoms with Crippen LogP contribution in [-0.4, -0.2) is 23.4 Å². The predicted molar refractivity (Wildman–Crippen MR) is 120 cm³/mol. The number of carbonyl (C=O) groups is 2. The van der Waals surface area contributed by atoms with Crippen molar-refractivity contribution in [1.82, 2.24) is 5.16 Å². The van der Waals surface area contributed by atoms with Crippen molar-refractivity contribution in [1.29, 1.82) is 0 Å². The van der Waals surface area contributed by atoms with Crippen LogP contribution in [0.15, 0.2) is 63.6 Å². The number of allylic oxidation sites excluding steroid dienone is 1. The number of rotatable bonds is 4. The topological polar surface area (TPSA) is 87.5 Å². The Morgan fingerprint density at radius 3 is 2.94 bits per heavy atom. The number of thiophene rings is 1. The lowest BCUT2D eigenvalue weighted by Crippen LogP contribution is -2.38. The minimum Gasteiger partial charge on any atom is -0.360 e. The number of para-hydroxylation sites is 2. The van der Waals surface area contributed by atoms with Crippen LogP contribution in [0.2, 0.25) is 0 Å². The first kappa shape index (κ1) is 19.6. The molecule has 0 fully saturated rings. The molecule has 0 radical (unpaired) electrons. The van der Waals surface area contributed by atoms with E-state index >= 15 is 0 Å². The number of nitrogens with one attached hydrogen (secondary N) is 2. The van der Waals surface area contributed by atoms with Crippen LogP contribution in [0.5, 0.6) is 0 Å². The van der Waals surface area contributed by atoms with Crippen LogP contribution in [0.25, 0.3) is 0 Å². The lowest BCUT2D eigenvalue weighted by atomic mass is 9.88. The number of fused-ring (bicyclic) bond motifs is 1. The molecule has 7 nitrogen and oxygen atoms in total. The van der Waals surface area contributed by atoms with Crippen molar-refractivity contribution in [2.75, 3.05) is 22.1 Å². The fraction of sp³-hybridized carbons (Fsp3) is 0.261. The molecule has 5 rings (SSSR count). The monoisotopic (exact) mass is 434 g/mol. The Balaban J connectivity index is 1.59. The zero-order chi connectivity index (χ0) is 21.4. The van der Waals surface area contributed by atoms with E-state index in [1.54, 1.807) is 24.3 Å². The van der Waals surface area contributed by atoms with Gasteiger partial charge in [-0.15, -0.1) is 11.3 Å². The molecule has 1 atom stereocenters. The zero-order valence-electron chi connectivity index (χ0n) is 17.1. The summed E-state index contributed by atoms with van der Waals surface area (Å²) >= 11 is 1.59. The molecule has 3 aromatic rings. The van der Waals surface area contributed by atoms with E-state index in [9.17, 15) is 9.59 Å². The van der Waals surface area contributed by atoms with Crippen molar-refractivity contribution in [3.05, 3.63) is 69.8 Å². The van der Waals surface area contributed by atoms with E-state index in [0.717, 1.165) is 40.4 Å². The average Bonchev–Trinajstić information content (AvgIpc) is 3.39. The maximum Gasteiger partial charge on any atom is 0.245 e. The second-order valence-corrected chi connectivity index (χ2v) is 8.71. The van der Waals surface area contributed by atoms with Gasteiger partial charge in [-0.3, -0.25) is 9.59 Å². The summed E-state index contributed by atoms with van der Waals surface area (Å²) in [7, 11) is 0. The molecule has 0 saturated carbocycles. The molecule has 0 unspecified atom stereocenters. The van der Waals surface area contributed by atoms with Gasteiger partial charge in [0.25, 0.3) is 0 Å². The standard InChI is InChI=1S/C23H22N4O3S/c1-14-12-20(26-30-14)25-21(29)13-27-17-8-3-2-6-15(17)24-16-7-4-9-18(28)22(16)23(27)19-10-5-11-31-19/h2-3,5-6,8,10-12,23-24H,4,7,9,13H2,1H3,(H,25,26,29)/t23-/m1/s1. The highest BCUT2D eigenvalue weighted by Gasteiger charge is 2.37. The highest BCUT2D eigenvalue weighted by atomic mass is 32.1. The molecule has 2 aromatic heterocycles. The number of anilines is 3. The fourth-order valence-corrected chi connectivity index (χ4v) is 5.12. The molecule has 158 valence electrons. The molecular formula is C23H22N4O3S. The summed E-state index contributed by atoms with van der Waals surface area (Å²) in [6, 6.07) is 13.2. The summed E-state index contributed by atoms with van der Waals surface area (Å²) < 4.78 is 5.06. The Labute approximate surface area is 183 Å². The zero-order valence-corrected chi connectivity index (χ0v) is 17.9. The molecule has 1 aliphatic carbocycles. The first-order chi connectivity index (χ1) is 15.1. The van der Waals surface area contributed by atoms with Crippen LogP contribution in [0.3, 0.4) is 0 Å². The number of carbonyl (C=O) groups excluding carboxylic acids is 2. The van der Waals surface area contributed by atoms with Crippen LogP contribution in [-0.2, 0) is 9.59 Å². The largest absolute Gasteiger partial charge is 0.360 e. The van der Waals surface area contributed by atoms with Gasteiger partial charge in [0.2, 0.25) is 5.91 Å². The molecule has 2 aliphatic rings. The van der Waals surface area contributed by atoms with Crippen molar-refractivity contribution in [3.63, 3.8) is 0 Å². The van der Waals surface area contributed by atoms with Gasteiger partial charge >= 0.3 is 0 Å². The van der Waals surface area contributed by atoms with Gasteiger partial charge in [-0.05, 0) is 43.3 Å². The summed E-state index contributed by atoms with van der Waals surface area (Å²) in [5, 5.41) is 12.2. The Morgan fingerprint density at radius 2 is 2.16 bits per heavy atom. The molecule has 8 heteroatoms. The summed E-state index contributed by atoms with van der Waals surface area (Å²) in [5.74, 6) is 0.915. The van der Waals surface area contributed by atoms with Crippen molar-refractivity contribution in [2.45, 2.75) is 32.2 Å². The van der Waals surface area contributed by atoms with Gasteiger partial charge in [0.15, 0.2) is 11.6 Å². The highest BCUT2D eigenvalue weighted by Crippen LogP contribution is 2.45. The maximum absolute atomic E-state index is 13.1. The van der Waals surface area contributed by atoms with Crippen molar-refractivity contribution in [2.24, 2.45) is 0 Å². The number of benzene rings is 1.